The van der Waals surface area contributed by atoms with Crippen LogP contribution in [0.1, 0.15) is 33.6 Å². The average molecular weight is 173 g/mol. The molecule has 0 bridgehead atoms. The smallest absolute Gasteiger partial charge is 0.326 e. The molecular weight excluding hydrogens is 154 g/mol. The molecule has 0 saturated heterocycles. The first-order valence-corrected chi connectivity index (χ1v) is 4.50. The summed E-state index contributed by atoms with van der Waals surface area (Å²) in [6, 6.07) is 0. The first-order valence-electron chi connectivity index (χ1n) is 4.50. The van der Waals surface area contributed by atoms with Crippen LogP contribution in [0.25, 0.3) is 0 Å². The minimum absolute atomic E-state index is 0.158. The Balaban J connectivity index is 4.44. The van der Waals surface area contributed by atoms with E-state index in [9.17, 15) is 4.79 Å². The minimum atomic E-state index is -0.469. The van der Waals surface area contributed by atoms with Crippen molar-refractivity contribution in [2.75, 3.05) is 13.7 Å². The fraction of sp³-hybridized carbons (Fsp3) is 0.889. The zero-order valence-electron chi connectivity index (χ0n) is 8.44. The van der Waals surface area contributed by atoms with Gasteiger partial charge in [0, 0.05) is 0 Å². The quantitative estimate of drug-likeness (QED) is 0.637. The third-order valence-corrected chi connectivity index (χ3v) is 2.30. The fourth-order valence-electron chi connectivity index (χ4n) is 1.39. The highest BCUT2D eigenvalue weighted by molar-refractivity contribution is 5.80. The predicted octanol–water partition coefficient (Wildman–Crippen LogP) is 1.33. The maximum absolute atomic E-state index is 11.4. The molecule has 0 saturated carbocycles. The summed E-state index contributed by atoms with van der Waals surface area (Å²) in [6.07, 6.45) is 1.54. The minimum Gasteiger partial charge on any atom is -0.468 e. The van der Waals surface area contributed by atoms with E-state index >= 15 is 0 Å². The Morgan fingerprint density at radius 1 is 1.33 bits per heavy atom. The van der Waals surface area contributed by atoms with E-state index in [2.05, 4.69) is 5.32 Å². The highest BCUT2D eigenvalue weighted by Crippen LogP contribution is 2.16. The van der Waals surface area contributed by atoms with E-state index in [1.807, 2.05) is 20.8 Å². The molecule has 0 aliphatic heterocycles. The molecule has 3 nitrogen and oxygen atoms in total. The van der Waals surface area contributed by atoms with Crippen LogP contribution in [0, 0.1) is 0 Å². The van der Waals surface area contributed by atoms with Crippen molar-refractivity contribution in [3.63, 3.8) is 0 Å². The molecule has 0 rings (SSSR count). The molecular formula is C9H19NO2. The normalized spacial score (nSPS) is 11.3. The number of likely N-dealkylation sites (N-methyl/N-ethyl adjacent to an activating group) is 1. The molecule has 0 radical (unpaired) electrons. The Kier molecular flexibility index (Phi) is 4.90. The Labute approximate surface area is 74.5 Å². The van der Waals surface area contributed by atoms with Gasteiger partial charge in [0.05, 0.1) is 7.11 Å². The molecule has 1 N–H and O–H groups in total. The average Bonchev–Trinajstić information content (AvgIpc) is 2.13. The molecule has 72 valence electrons. The van der Waals surface area contributed by atoms with E-state index in [1.54, 1.807) is 0 Å². The topological polar surface area (TPSA) is 38.3 Å². The molecule has 3 heteroatoms. The van der Waals surface area contributed by atoms with Crippen molar-refractivity contribution in [3.8, 4) is 0 Å². The van der Waals surface area contributed by atoms with Gasteiger partial charge in [0.2, 0.25) is 0 Å². The molecule has 0 aliphatic carbocycles. The number of carbonyl (C=O) groups excluding carboxylic acids is 1. The van der Waals surface area contributed by atoms with Crippen LogP contribution >= 0.6 is 0 Å². The van der Waals surface area contributed by atoms with Gasteiger partial charge in [-0.1, -0.05) is 20.8 Å². The number of carbonyl (C=O) groups is 1. The molecule has 0 atom stereocenters. The standard InChI is InChI=1S/C9H19NO2/c1-5-9(6-2,10-7-3)8(11)12-4/h10H,5-7H2,1-4H3. The summed E-state index contributed by atoms with van der Waals surface area (Å²) in [4.78, 5) is 11.4. The first kappa shape index (κ1) is 11.4. The number of rotatable bonds is 5. The number of esters is 1. The van der Waals surface area contributed by atoms with Gasteiger partial charge in [0.1, 0.15) is 5.54 Å². The van der Waals surface area contributed by atoms with E-state index in [0.29, 0.717) is 0 Å². The van der Waals surface area contributed by atoms with Gasteiger partial charge in [-0.15, -0.1) is 0 Å². The van der Waals surface area contributed by atoms with Crippen molar-refractivity contribution < 1.29 is 9.53 Å². The molecule has 0 heterocycles. The van der Waals surface area contributed by atoms with E-state index in [0.717, 1.165) is 19.4 Å². The third kappa shape index (κ3) is 2.21. The molecule has 0 aliphatic rings. The number of nitrogens with one attached hydrogen (secondary N) is 1. The summed E-state index contributed by atoms with van der Waals surface area (Å²) >= 11 is 0. The molecule has 12 heavy (non-hydrogen) atoms. The second-order valence-corrected chi connectivity index (χ2v) is 2.81. The Bertz CT molecular complexity index is 141. The van der Waals surface area contributed by atoms with Gasteiger partial charge in [-0.3, -0.25) is 4.79 Å². The van der Waals surface area contributed by atoms with E-state index in [-0.39, 0.29) is 5.97 Å². The number of ether oxygens (including phenoxy) is 1. The van der Waals surface area contributed by atoms with Crippen molar-refractivity contribution in [2.24, 2.45) is 0 Å². The van der Waals surface area contributed by atoms with E-state index in [1.165, 1.54) is 7.11 Å². The summed E-state index contributed by atoms with van der Waals surface area (Å²) in [5.41, 5.74) is -0.469. The van der Waals surface area contributed by atoms with Gasteiger partial charge in [0.25, 0.3) is 0 Å². The van der Waals surface area contributed by atoms with Crippen LogP contribution in [0.3, 0.4) is 0 Å². The third-order valence-electron chi connectivity index (χ3n) is 2.30. The lowest BCUT2D eigenvalue weighted by molar-refractivity contribution is -0.149. The van der Waals surface area contributed by atoms with E-state index in [4.69, 9.17) is 4.74 Å². The van der Waals surface area contributed by atoms with E-state index < -0.39 is 5.54 Å². The lowest BCUT2D eigenvalue weighted by atomic mass is 9.93. The molecule has 0 aromatic heterocycles. The van der Waals surface area contributed by atoms with Crippen LogP contribution in [0.15, 0.2) is 0 Å². The molecule has 0 amide bonds. The predicted molar refractivity (Wildman–Crippen MR) is 49.0 cm³/mol. The summed E-state index contributed by atoms with van der Waals surface area (Å²) in [5, 5.41) is 3.17. The van der Waals surface area contributed by atoms with Gasteiger partial charge >= 0.3 is 5.97 Å². The number of hydrogen-bond donors (Lipinski definition) is 1. The highest BCUT2D eigenvalue weighted by atomic mass is 16.5. The van der Waals surface area contributed by atoms with Gasteiger partial charge in [-0.25, -0.2) is 0 Å². The van der Waals surface area contributed by atoms with Crippen LogP contribution in [0.4, 0.5) is 0 Å². The molecule has 0 spiro atoms. The second-order valence-electron chi connectivity index (χ2n) is 2.81. The number of hydrogen-bond acceptors (Lipinski definition) is 3. The fourth-order valence-corrected chi connectivity index (χ4v) is 1.39. The molecule has 0 aromatic rings. The maximum atomic E-state index is 11.4. The van der Waals surface area contributed by atoms with Crippen molar-refractivity contribution in [3.05, 3.63) is 0 Å². The lowest BCUT2D eigenvalue weighted by Gasteiger charge is -2.29. The highest BCUT2D eigenvalue weighted by Gasteiger charge is 2.34. The second kappa shape index (κ2) is 5.14. The Morgan fingerprint density at radius 2 is 1.83 bits per heavy atom. The van der Waals surface area contributed by atoms with Crippen LogP contribution in [-0.2, 0) is 9.53 Å². The Morgan fingerprint density at radius 3 is 2.08 bits per heavy atom. The van der Waals surface area contributed by atoms with Gasteiger partial charge < -0.3 is 10.1 Å². The zero-order valence-corrected chi connectivity index (χ0v) is 8.44. The van der Waals surface area contributed by atoms with Crippen molar-refractivity contribution in [1.82, 2.24) is 5.32 Å². The van der Waals surface area contributed by atoms with Crippen LogP contribution in [0.5, 0.6) is 0 Å². The summed E-state index contributed by atoms with van der Waals surface area (Å²) < 4.78 is 4.75. The maximum Gasteiger partial charge on any atom is 0.326 e. The summed E-state index contributed by atoms with van der Waals surface area (Å²) in [6.45, 7) is 6.76. The molecule has 0 fully saturated rings. The van der Waals surface area contributed by atoms with Crippen molar-refractivity contribution >= 4 is 5.97 Å². The van der Waals surface area contributed by atoms with Crippen LogP contribution in [0.2, 0.25) is 0 Å². The van der Waals surface area contributed by atoms with Crippen LogP contribution in [-0.4, -0.2) is 25.2 Å². The largest absolute Gasteiger partial charge is 0.468 e. The van der Waals surface area contributed by atoms with Gasteiger partial charge in [0.15, 0.2) is 0 Å². The summed E-state index contributed by atoms with van der Waals surface area (Å²) in [7, 11) is 1.43. The van der Waals surface area contributed by atoms with Gasteiger partial charge in [-0.2, -0.15) is 0 Å². The lowest BCUT2D eigenvalue weighted by Crippen LogP contribution is -2.51. The summed E-state index contributed by atoms with van der Waals surface area (Å²) in [5.74, 6) is -0.158. The first-order chi connectivity index (χ1) is 5.66. The van der Waals surface area contributed by atoms with Crippen molar-refractivity contribution in [1.29, 1.82) is 0 Å². The molecule has 0 unspecified atom stereocenters. The van der Waals surface area contributed by atoms with Crippen molar-refractivity contribution in [2.45, 2.75) is 39.2 Å². The molecule has 0 aromatic carbocycles. The monoisotopic (exact) mass is 173 g/mol. The SMILES string of the molecule is CCNC(CC)(CC)C(=O)OC. The Hall–Kier alpha value is -0.570. The van der Waals surface area contributed by atoms with Crippen LogP contribution < -0.4 is 5.32 Å². The zero-order chi connectivity index (χ0) is 9.61. The number of methoxy groups -OCH3 is 1. The van der Waals surface area contributed by atoms with Gasteiger partial charge in [-0.05, 0) is 19.4 Å².